The zero-order chi connectivity index (χ0) is 14.2. The summed E-state index contributed by atoms with van der Waals surface area (Å²) in [6.07, 6.45) is 4.61. The van der Waals surface area contributed by atoms with E-state index < -0.39 is 0 Å². The quantitative estimate of drug-likeness (QED) is 0.791. The minimum Gasteiger partial charge on any atom is -0.383 e. The minimum atomic E-state index is 0.0303. The molecule has 2 rings (SSSR count). The number of amides is 1. The number of thiazole rings is 1. The van der Waals surface area contributed by atoms with Crippen molar-refractivity contribution in [1.82, 2.24) is 15.3 Å². The highest BCUT2D eigenvalue weighted by Gasteiger charge is 2.07. The number of pyridine rings is 1. The largest absolute Gasteiger partial charge is 0.383 e. The van der Waals surface area contributed by atoms with Gasteiger partial charge in [0.05, 0.1) is 17.3 Å². The Bertz CT molecular complexity index is 542. The van der Waals surface area contributed by atoms with E-state index in [2.05, 4.69) is 15.3 Å². The van der Waals surface area contributed by atoms with Crippen molar-refractivity contribution in [3.05, 3.63) is 34.9 Å². The van der Waals surface area contributed by atoms with Gasteiger partial charge in [0.1, 0.15) is 0 Å². The highest BCUT2D eigenvalue weighted by Crippen LogP contribution is 2.21. The van der Waals surface area contributed by atoms with Gasteiger partial charge in [-0.1, -0.05) is 0 Å². The van der Waals surface area contributed by atoms with Crippen LogP contribution in [-0.4, -0.2) is 36.1 Å². The molecular weight excluding hydrogens is 274 g/mol. The molecular formula is C14H17N3O2S. The molecule has 2 aromatic heterocycles. The van der Waals surface area contributed by atoms with E-state index in [-0.39, 0.29) is 5.91 Å². The Morgan fingerprint density at radius 3 is 2.95 bits per heavy atom. The van der Waals surface area contributed by atoms with Gasteiger partial charge in [-0.15, -0.1) is 11.3 Å². The van der Waals surface area contributed by atoms with Crippen molar-refractivity contribution in [2.45, 2.75) is 12.8 Å². The van der Waals surface area contributed by atoms with Gasteiger partial charge in [-0.3, -0.25) is 9.78 Å². The lowest BCUT2D eigenvalue weighted by Gasteiger charge is -2.02. The summed E-state index contributed by atoms with van der Waals surface area (Å²) < 4.78 is 4.88. The molecule has 5 nitrogen and oxygen atoms in total. The second-order valence-corrected chi connectivity index (χ2v) is 5.15. The van der Waals surface area contributed by atoms with Gasteiger partial charge >= 0.3 is 0 Å². The predicted molar refractivity (Wildman–Crippen MR) is 78.6 cm³/mol. The molecule has 0 aliphatic rings. The second kappa shape index (κ2) is 7.72. The van der Waals surface area contributed by atoms with E-state index in [9.17, 15) is 4.79 Å². The summed E-state index contributed by atoms with van der Waals surface area (Å²) in [5.74, 6) is 0.0303. The first-order chi connectivity index (χ1) is 9.79. The Hall–Kier alpha value is -1.79. The van der Waals surface area contributed by atoms with E-state index in [1.54, 1.807) is 30.8 Å². The van der Waals surface area contributed by atoms with E-state index in [4.69, 9.17) is 4.74 Å². The Labute approximate surface area is 122 Å². The minimum absolute atomic E-state index is 0.0303. The van der Waals surface area contributed by atoms with Crippen molar-refractivity contribution in [1.29, 1.82) is 0 Å². The number of methoxy groups -OCH3 is 1. The third kappa shape index (κ3) is 4.40. The molecule has 0 radical (unpaired) electrons. The maximum absolute atomic E-state index is 11.6. The molecule has 0 saturated heterocycles. The van der Waals surface area contributed by atoms with Gasteiger partial charge in [0.25, 0.3) is 0 Å². The van der Waals surface area contributed by atoms with Crippen LogP contribution in [0.15, 0.2) is 29.9 Å². The first-order valence-corrected chi connectivity index (χ1v) is 7.28. The molecule has 0 atom stereocenters. The fourth-order valence-corrected chi connectivity index (χ4v) is 2.49. The Morgan fingerprint density at radius 1 is 1.40 bits per heavy atom. The SMILES string of the molecule is COCCNC(=O)CCc1nc(-c2ccncc2)cs1. The normalized spacial score (nSPS) is 10.4. The van der Waals surface area contributed by atoms with Crippen LogP contribution in [0.1, 0.15) is 11.4 Å². The average molecular weight is 291 g/mol. The Kier molecular flexibility index (Phi) is 5.64. The number of rotatable bonds is 7. The molecule has 20 heavy (non-hydrogen) atoms. The van der Waals surface area contributed by atoms with Crippen molar-refractivity contribution in [3.63, 3.8) is 0 Å². The lowest BCUT2D eigenvalue weighted by atomic mass is 10.2. The summed E-state index contributed by atoms with van der Waals surface area (Å²) in [7, 11) is 1.61. The van der Waals surface area contributed by atoms with Crippen LogP contribution in [0.25, 0.3) is 11.3 Å². The van der Waals surface area contributed by atoms with Gasteiger partial charge < -0.3 is 10.1 Å². The van der Waals surface area contributed by atoms with Gasteiger partial charge in [0, 0.05) is 49.8 Å². The second-order valence-electron chi connectivity index (χ2n) is 4.21. The van der Waals surface area contributed by atoms with Crippen LogP contribution >= 0.6 is 11.3 Å². The highest BCUT2D eigenvalue weighted by atomic mass is 32.1. The van der Waals surface area contributed by atoms with Crippen molar-refractivity contribution in [2.24, 2.45) is 0 Å². The van der Waals surface area contributed by atoms with Crippen LogP contribution in [0.3, 0.4) is 0 Å². The fourth-order valence-electron chi connectivity index (χ4n) is 1.68. The van der Waals surface area contributed by atoms with E-state index >= 15 is 0 Å². The molecule has 0 bridgehead atoms. The number of nitrogens with one attached hydrogen (secondary N) is 1. The number of hydrogen-bond acceptors (Lipinski definition) is 5. The highest BCUT2D eigenvalue weighted by molar-refractivity contribution is 7.09. The molecule has 6 heteroatoms. The van der Waals surface area contributed by atoms with Crippen molar-refractivity contribution in [3.8, 4) is 11.3 Å². The molecule has 2 aromatic rings. The fraction of sp³-hybridized carbons (Fsp3) is 0.357. The zero-order valence-electron chi connectivity index (χ0n) is 11.3. The van der Waals surface area contributed by atoms with Gasteiger partial charge in [-0.25, -0.2) is 4.98 Å². The van der Waals surface area contributed by atoms with Crippen LogP contribution in [0.2, 0.25) is 0 Å². The summed E-state index contributed by atoms with van der Waals surface area (Å²) >= 11 is 1.58. The summed E-state index contributed by atoms with van der Waals surface area (Å²) in [5.41, 5.74) is 1.99. The number of aryl methyl sites for hydroxylation is 1. The average Bonchev–Trinajstić information content (AvgIpc) is 2.95. The summed E-state index contributed by atoms with van der Waals surface area (Å²) in [6, 6.07) is 3.85. The standard InChI is InChI=1S/C14H17N3O2S/c1-19-9-8-16-13(18)2-3-14-17-12(10-20-14)11-4-6-15-7-5-11/h4-7,10H,2-3,8-9H2,1H3,(H,16,18). The Balaban J connectivity index is 1.83. The van der Waals surface area contributed by atoms with E-state index in [1.807, 2.05) is 17.5 Å². The first kappa shape index (κ1) is 14.6. The molecule has 0 spiro atoms. The van der Waals surface area contributed by atoms with Crippen LogP contribution in [0.5, 0.6) is 0 Å². The molecule has 0 saturated carbocycles. The van der Waals surface area contributed by atoms with Crippen LogP contribution in [-0.2, 0) is 16.0 Å². The first-order valence-electron chi connectivity index (χ1n) is 6.40. The van der Waals surface area contributed by atoms with Crippen LogP contribution in [0.4, 0.5) is 0 Å². The third-order valence-corrected chi connectivity index (χ3v) is 3.63. The topological polar surface area (TPSA) is 64.1 Å². The van der Waals surface area contributed by atoms with E-state index in [0.717, 1.165) is 16.3 Å². The number of ether oxygens (including phenoxy) is 1. The molecule has 0 aromatic carbocycles. The summed E-state index contributed by atoms with van der Waals surface area (Å²) in [4.78, 5) is 20.1. The van der Waals surface area contributed by atoms with Gasteiger partial charge in [-0.05, 0) is 12.1 Å². The monoisotopic (exact) mass is 291 g/mol. The smallest absolute Gasteiger partial charge is 0.220 e. The van der Waals surface area contributed by atoms with Crippen LogP contribution in [0, 0.1) is 0 Å². The van der Waals surface area contributed by atoms with E-state index in [0.29, 0.717) is 26.0 Å². The number of hydrogen-bond donors (Lipinski definition) is 1. The Morgan fingerprint density at radius 2 is 2.20 bits per heavy atom. The number of aromatic nitrogens is 2. The van der Waals surface area contributed by atoms with Crippen molar-refractivity contribution in [2.75, 3.05) is 20.3 Å². The maximum Gasteiger partial charge on any atom is 0.220 e. The lowest BCUT2D eigenvalue weighted by Crippen LogP contribution is -2.27. The van der Waals surface area contributed by atoms with Gasteiger partial charge in [0.2, 0.25) is 5.91 Å². The van der Waals surface area contributed by atoms with Crippen molar-refractivity contribution < 1.29 is 9.53 Å². The molecule has 0 aliphatic carbocycles. The number of carbonyl (C=O) groups is 1. The van der Waals surface area contributed by atoms with Crippen molar-refractivity contribution >= 4 is 17.2 Å². The maximum atomic E-state index is 11.6. The molecule has 0 fully saturated rings. The number of nitrogens with zero attached hydrogens (tertiary/aromatic N) is 2. The molecule has 1 amide bonds. The lowest BCUT2D eigenvalue weighted by molar-refractivity contribution is -0.121. The summed E-state index contributed by atoms with van der Waals surface area (Å²) in [6.45, 7) is 1.09. The summed E-state index contributed by atoms with van der Waals surface area (Å²) in [5, 5.41) is 5.78. The molecule has 0 unspecified atom stereocenters. The molecule has 2 heterocycles. The molecule has 106 valence electrons. The number of carbonyl (C=O) groups excluding carboxylic acids is 1. The molecule has 1 N–H and O–H groups in total. The van der Waals surface area contributed by atoms with Gasteiger partial charge in [-0.2, -0.15) is 0 Å². The zero-order valence-corrected chi connectivity index (χ0v) is 12.2. The predicted octanol–water partition coefficient (Wildman–Crippen LogP) is 1.90. The van der Waals surface area contributed by atoms with Gasteiger partial charge in [0.15, 0.2) is 0 Å². The molecule has 0 aliphatic heterocycles. The van der Waals surface area contributed by atoms with E-state index in [1.165, 1.54) is 0 Å². The van der Waals surface area contributed by atoms with Crippen LogP contribution < -0.4 is 5.32 Å². The third-order valence-electron chi connectivity index (χ3n) is 2.72.